The van der Waals surface area contributed by atoms with E-state index in [1.165, 1.54) is 0 Å². The summed E-state index contributed by atoms with van der Waals surface area (Å²) in [7, 11) is 0. The molecule has 0 radical (unpaired) electrons. The van der Waals surface area contributed by atoms with E-state index in [0.29, 0.717) is 5.92 Å². The van der Waals surface area contributed by atoms with Crippen LogP contribution in [0.5, 0.6) is 0 Å². The number of rotatable bonds is 3. The maximum atomic E-state index is 4.43. The van der Waals surface area contributed by atoms with Crippen LogP contribution in [0.25, 0.3) is 5.65 Å². The maximum absolute atomic E-state index is 4.43. The number of aryl methyl sites for hydroxylation is 1. The summed E-state index contributed by atoms with van der Waals surface area (Å²) < 4.78 is 1.86. The Kier molecular flexibility index (Phi) is 2.66. The Morgan fingerprint density at radius 1 is 1.33 bits per heavy atom. The van der Waals surface area contributed by atoms with E-state index in [1.54, 1.807) is 0 Å². The van der Waals surface area contributed by atoms with Crippen molar-refractivity contribution in [3.8, 4) is 0 Å². The third kappa shape index (κ3) is 1.84. The van der Waals surface area contributed by atoms with Crippen molar-refractivity contribution in [3.05, 3.63) is 23.7 Å². The van der Waals surface area contributed by atoms with Crippen molar-refractivity contribution in [1.82, 2.24) is 19.8 Å². The molecule has 0 aromatic carbocycles. The van der Waals surface area contributed by atoms with E-state index < -0.39 is 0 Å². The van der Waals surface area contributed by atoms with Gasteiger partial charge in [-0.2, -0.15) is 9.61 Å². The molecule has 4 nitrogen and oxygen atoms in total. The van der Waals surface area contributed by atoms with E-state index in [9.17, 15) is 0 Å². The van der Waals surface area contributed by atoms with Crippen molar-refractivity contribution in [2.24, 2.45) is 0 Å². The van der Waals surface area contributed by atoms with Crippen LogP contribution in [0, 0.1) is 6.92 Å². The van der Waals surface area contributed by atoms with Crippen LogP contribution < -0.4 is 0 Å². The molecular weight excluding hydrogens is 188 g/mol. The molecule has 0 bridgehead atoms. The second kappa shape index (κ2) is 3.96. The van der Waals surface area contributed by atoms with Crippen molar-refractivity contribution in [2.45, 2.75) is 39.5 Å². The lowest BCUT2D eigenvalue weighted by Gasteiger charge is -2.06. The molecule has 0 aliphatic rings. The van der Waals surface area contributed by atoms with Crippen LogP contribution in [-0.2, 0) is 0 Å². The van der Waals surface area contributed by atoms with E-state index >= 15 is 0 Å². The fourth-order valence-corrected chi connectivity index (χ4v) is 1.77. The van der Waals surface area contributed by atoms with E-state index in [-0.39, 0.29) is 0 Å². The summed E-state index contributed by atoms with van der Waals surface area (Å²) in [5.41, 5.74) is 1.82. The van der Waals surface area contributed by atoms with Gasteiger partial charge in [-0.3, -0.25) is 0 Å². The zero-order valence-electron chi connectivity index (χ0n) is 9.44. The van der Waals surface area contributed by atoms with Crippen LogP contribution in [-0.4, -0.2) is 19.8 Å². The molecule has 0 N–H and O–H groups in total. The van der Waals surface area contributed by atoms with Gasteiger partial charge in [0.25, 0.3) is 0 Å². The van der Waals surface area contributed by atoms with Crippen LogP contribution >= 0.6 is 0 Å². The first-order valence-electron chi connectivity index (χ1n) is 5.41. The minimum atomic E-state index is 0.416. The molecule has 80 valence electrons. The zero-order chi connectivity index (χ0) is 10.8. The highest BCUT2D eigenvalue weighted by Gasteiger charge is 2.13. The van der Waals surface area contributed by atoms with E-state index in [0.717, 1.165) is 30.0 Å². The van der Waals surface area contributed by atoms with Crippen LogP contribution in [0.15, 0.2) is 12.1 Å². The van der Waals surface area contributed by atoms with Gasteiger partial charge in [0, 0.05) is 5.92 Å². The second-order valence-corrected chi connectivity index (χ2v) is 3.99. The molecule has 1 unspecified atom stereocenters. The third-order valence-electron chi connectivity index (χ3n) is 2.58. The number of aromatic nitrogens is 4. The highest BCUT2D eigenvalue weighted by atomic mass is 15.4. The van der Waals surface area contributed by atoms with Gasteiger partial charge in [-0.05, 0) is 25.5 Å². The summed E-state index contributed by atoms with van der Waals surface area (Å²) in [5, 5.41) is 12.7. The zero-order valence-corrected chi connectivity index (χ0v) is 9.44. The van der Waals surface area contributed by atoms with Crippen molar-refractivity contribution in [3.63, 3.8) is 0 Å². The number of nitrogens with zero attached hydrogens (tertiary/aromatic N) is 4. The van der Waals surface area contributed by atoms with Crippen LogP contribution in [0.4, 0.5) is 0 Å². The smallest absolute Gasteiger partial charge is 0.177 e. The van der Waals surface area contributed by atoms with E-state index in [2.05, 4.69) is 29.1 Å². The molecule has 0 aliphatic heterocycles. The lowest BCUT2D eigenvalue weighted by molar-refractivity contribution is 0.604. The van der Waals surface area contributed by atoms with E-state index in [4.69, 9.17) is 0 Å². The van der Waals surface area contributed by atoms with Crippen molar-refractivity contribution in [2.75, 3.05) is 0 Å². The Morgan fingerprint density at radius 2 is 2.13 bits per heavy atom. The molecule has 0 saturated carbocycles. The van der Waals surface area contributed by atoms with Crippen molar-refractivity contribution < 1.29 is 0 Å². The molecule has 2 heterocycles. The van der Waals surface area contributed by atoms with Gasteiger partial charge in [-0.15, -0.1) is 10.2 Å². The molecule has 1 atom stereocenters. The molecule has 0 fully saturated rings. The lowest BCUT2D eigenvalue weighted by Crippen LogP contribution is -2.04. The molecule has 2 aromatic rings. The highest BCUT2D eigenvalue weighted by Crippen LogP contribution is 2.18. The predicted molar refractivity (Wildman–Crippen MR) is 58.8 cm³/mol. The van der Waals surface area contributed by atoms with Gasteiger partial charge in [0.15, 0.2) is 11.5 Å². The van der Waals surface area contributed by atoms with E-state index in [1.807, 2.05) is 23.6 Å². The Morgan fingerprint density at radius 3 is 2.87 bits per heavy atom. The van der Waals surface area contributed by atoms with Crippen molar-refractivity contribution in [1.29, 1.82) is 0 Å². The Balaban J connectivity index is 2.47. The van der Waals surface area contributed by atoms with Gasteiger partial charge in [0.2, 0.25) is 0 Å². The number of fused-ring (bicyclic) bond motifs is 1. The number of hydrogen-bond donors (Lipinski definition) is 0. The molecule has 2 rings (SSSR count). The summed E-state index contributed by atoms with van der Waals surface area (Å²) in [4.78, 5) is 0. The Labute approximate surface area is 89.3 Å². The summed E-state index contributed by atoms with van der Waals surface area (Å²) in [6.07, 6.45) is 2.28. The lowest BCUT2D eigenvalue weighted by atomic mass is 10.1. The molecule has 0 aliphatic carbocycles. The average Bonchev–Trinajstić information content (AvgIpc) is 2.60. The molecule has 2 aromatic heterocycles. The molecule has 15 heavy (non-hydrogen) atoms. The van der Waals surface area contributed by atoms with Gasteiger partial charge in [-0.25, -0.2) is 0 Å². The Bertz CT molecular complexity index is 461. The molecular formula is C11H16N4. The first-order chi connectivity index (χ1) is 7.22. The molecule has 0 spiro atoms. The fourth-order valence-electron chi connectivity index (χ4n) is 1.77. The molecule has 4 heteroatoms. The van der Waals surface area contributed by atoms with Gasteiger partial charge in [0.1, 0.15) is 0 Å². The highest BCUT2D eigenvalue weighted by molar-refractivity contribution is 5.36. The van der Waals surface area contributed by atoms with Gasteiger partial charge >= 0.3 is 0 Å². The summed E-state index contributed by atoms with van der Waals surface area (Å²) in [5.74, 6) is 1.38. The maximum Gasteiger partial charge on any atom is 0.177 e. The third-order valence-corrected chi connectivity index (χ3v) is 2.58. The summed E-state index contributed by atoms with van der Waals surface area (Å²) in [6.45, 7) is 6.33. The predicted octanol–water partition coefficient (Wildman–Crippen LogP) is 2.34. The molecule has 0 amide bonds. The summed E-state index contributed by atoms with van der Waals surface area (Å²) in [6, 6.07) is 3.91. The Hall–Kier alpha value is -1.45. The number of hydrogen-bond acceptors (Lipinski definition) is 3. The van der Waals surface area contributed by atoms with Gasteiger partial charge in [-0.1, -0.05) is 20.3 Å². The van der Waals surface area contributed by atoms with Crippen LogP contribution in [0.3, 0.4) is 0 Å². The fraction of sp³-hybridized carbons (Fsp3) is 0.545. The summed E-state index contributed by atoms with van der Waals surface area (Å²) >= 11 is 0. The van der Waals surface area contributed by atoms with Crippen LogP contribution in [0.1, 0.15) is 44.1 Å². The largest absolute Gasteiger partial charge is 0.197 e. The SMILES string of the molecule is CCCC(C)c1nnc2ccc(C)nn12. The normalized spacial score (nSPS) is 13.3. The second-order valence-electron chi connectivity index (χ2n) is 3.99. The quantitative estimate of drug-likeness (QED) is 0.770. The monoisotopic (exact) mass is 204 g/mol. The minimum Gasteiger partial charge on any atom is -0.197 e. The van der Waals surface area contributed by atoms with Gasteiger partial charge in [0.05, 0.1) is 5.69 Å². The van der Waals surface area contributed by atoms with Crippen LogP contribution in [0.2, 0.25) is 0 Å². The average molecular weight is 204 g/mol. The first-order valence-corrected chi connectivity index (χ1v) is 5.41. The van der Waals surface area contributed by atoms with Gasteiger partial charge < -0.3 is 0 Å². The van der Waals surface area contributed by atoms with Crippen molar-refractivity contribution >= 4 is 5.65 Å². The topological polar surface area (TPSA) is 43.1 Å². The standard InChI is InChI=1S/C11H16N4/c1-4-5-8(2)11-13-12-10-7-6-9(3)14-15(10)11/h6-8H,4-5H2,1-3H3. The first kappa shape index (κ1) is 10.1. The molecule has 0 saturated heterocycles. The minimum absolute atomic E-state index is 0.416.